The average Bonchev–Trinajstić information content (AvgIpc) is 2.36. The molecule has 2 N–H and O–H groups in total. The molecule has 0 spiro atoms. The number of piperidine rings is 1. The predicted molar refractivity (Wildman–Crippen MR) is 80.8 cm³/mol. The third kappa shape index (κ3) is 3.00. The number of nitrogens with two attached hydrogens (primary N) is 1. The summed E-state index contributed by atoms with van der Waals surface area (Å²) < 4.78 is 1.05. The molecule has 1 amide bonds. The molecule has 0 radical (unpaired) electrons. The highest BCUT2D eigenvalue weighted by molar-refractivity contribution is 9.10. The van der Waals surface area contributed by atoms with E-state index in [-0.39, 0.29) is 18.0 Å². The molecule has 0 aromatic heterocycles. The molecule has 2 atom stereocenters. The van der Waals surface area contributed by atoms with Crippen molar-refractivity contribution in [1.29, 1.82) is 0 Å². The highest BCUT2D eigenvalue weighted by atomic mass is 79.9. The summed E-state index contributed by atoms with van der Waals surface area (Å²) >= 11 is 3.62. The van der Waals surface area contributed by atoms with Gasteiger partial charge in [0.05, 0.1) is 6.04 Å². The van der Waals surface area contributed by atoms with Gasteiger partial charge in [-0.25, -0.2) is 0 Å². The van der Waals surface area contributed by atoms with Gasteiger partial charge in [-0.15, -0.1) is 0 Å². The Morgan fingerprint density at radius 2 is 2.21 bits per heavy atom. The first-order valence-electron chi connectivity index (χ1n) is 6.85. The van der Waals surface area contributed by atoms with Crippen LogP contribution in [0.1, 0.15) is 43.4 Å². The van der Waals surface area contributed by atoms with E-state index in [1.807, 2.05) is 4.90 Å². The maximum Gasteiger partial charge on any atom is 0.223 e. The van der Waals surface area contributed by atoms with Gasteiger partial charge in [0.15, 0.2) is 0 Å². The van der Waals surface area contributed by atoms with Crippen molar-refractivity contribution < 1.29 is 4.79 Å². The molecular weight excluding hydrogens is 304 g/mol. The third-order valence-corrected chi connectivity index (χ3v) is 4.38. The number of carbonyl (C=O) groups excluding carboxylic acids is 1. The zero-order valence-electron chi connectivity index (χ0n) is 11.5. The van der Waals surface area contributed by atoms with Gasteiger partial charge < -0.3 is 10.6 Å². The van der Waals surface area contributed by atoms with Crippen molar-refractivity contribution in [3.8, 4) is 0 Å². The van der Waals surface area contributed by atoms with E-state index in [2.05, 4.69) is 48.0 Å². The largest absolute Gasteiger partial charge is 0.334 e. The number of hydrogen-bond acceptors (Lipinski definition) is 2. The number of halogens is 1. The average molecular weight is 325 g/mol. The minimum absolute atomic E-state index is 0.00354. The van der Waals surface area contributed by atoms with Crippen molar-refractivity contribution in [1.82, 2.24) is 4.90 Å². The number of rotatable bonds is 3. The lowest BCUT2D eigenvalue weighted by atomic mass is 9.90. The van der Waals surface area contributed by atoms with Crippen LogP contribution in [0.2, 0.25) is 0 Å². The van der Waals surface area contributed by atoms with Crippen LogP contribution in [-0.2, 0) is 4.79 Å². The van der Waals surface area contributed by atoms with E-state index >= 15 is 0 Å². The second-order valence-corrected chi connectivity index (χ2v) is 6.11. The smallest absolute Gasteiger partial charge is 0.223 e. The number of benzene rings is 1. The van der Waals surface area contributed by atoms with Gasteiger partial charge in [0.2, 0.25) is 5.91 Å². The Kier molecular flexibility index (Phi) is 4.63. The van der Waals surface area contributed by atoms with Crippen molar-refractivity contribution >= 4 is 21.8 Å². The molecule has 0 bridgehead atoms. The lowest BCUT2D eigenvalue weighted by molar-refractivity contribution is -0.137. The van der Waals surface area contributed by atoms with Gasteiger partial charge in [-0.3, -0.25) is 4.79 Å². The van der Waals surface area contributed by atoms with Crippen molar-refractivity contribution in [2.24, 2.45) is 5.73 Å². The molecule has 1 fully saturated rings. The van der Waals surface area contributed by atoms with Crippen LogP contribution in [0.25, 0.3) is 0 Å². The highest BCUT2D eigenvalue weighted by Crippen LogP contribution is 2.35. The van der Waals surface area contributed by atoms with Gasteiger partial charge in [-0.1, -0.05) is 35.0 Å². The van der Waals surface area contributed by atoms with Gasteiger partial charge in [0.1, 0.15) is 0 Å². The number of aryl methyl sites for hydroxylation is 1. The number of likely N-dealkylation sites (tertiary alicyclic amines) is 1. The molecule has 4 heteroatoms. The fourth-order valence-corrected chi connectivity index (χ4v) is 3.48. The maximum atomic E-state index is 12.1. The first kappa shape index (κ1) is 14.5. The molecule has 1 aromatic carbocycles. The second kappa shape index (κ2) is 6.06. The van der Waals surface area contributed by atoms with Crippen LogP contribution in [0, 0.1) is 6.92 Å². The van der Waals surface area contributed by atoms with Crippen LogP contribution in [0.5, 0.6) is 0 Å². The summed E-state index contributed by atoms with van der Waals surface area (Å²) in [6.45, 7) is 4.93. The Hall–Kier alpha value is -0.870. The van der Waals surface area contributed by atoms with Crippen LogP contribution >= 0.6 is 15.9 Å². The van der Waals surface area contributed by atoms with Crippen LogP contribution < -0.4 is 5.73 Å². The fourth-order valence-electron chi connectivity index (χ4n) is 2.75. The molecule has 2 rings (SSSR count). The van der Waals surface area contributed by atoms with Gasteiger partial charge in [-0.05, 0) is 37.0 Å². The fraction of sp³-hybridized carbons (Fsp3) is 0.533. The second-order valence-electron chi connectivity index (χ2n) is 5.26. The van der Waals surface area contributed by atoms with E-state index in [4.69, 9.17) is 5.73 Å². The van der Waals surface area contributed by atoms with Crippen molar-refractivity contribution in [2.45, 2.75) is 45.2 Å². The normalized spacial score (nSPS) is 23.8. The van der Waals surface area contributed by atoms with Crippen LogP contribution in [0.15, 0.2) is 22.7 Å². The predicted octanol–water partition coefficient (Wildman–Crippen LogP) is 3.16. The van der Waals surface area contributed by atoms with E-state index in [0.29, 0.717) is 6.42 Å². The molecule has 3 nitrogen and oxygen atoms in total. The van der Waals surface area contributed by atoms with Crippen LogP contribution in [0.4, 0.5) is 0 Å². The quantitative estimate of drug-likeness (QED) is 0.928. The minimum Gasteiger partial charge on any atom is -0.334 e. The summed E-state index contributed by atoms with van der Waals surface area (Å²) in [5, 5.41) is 0. The van der Waals surface area contributed by atoms with E-state index in [0.717, 1.165) is 29.4 Å². The molecular formula is C15H21BrN2O. The maximum absolute atomic E-state index is 12.1. The first-order chi connectivity index (χ1) is 9.04. The van der Waals surface area contributed by atoms with Gasteiger partial charge in [-0.2, -0.15) is 0 Å². The molecule has 1 heterocycles. The monoisotopic (exact) mass is 324 g/mol. The van der Waals surface area contributed by atoms with Gasteiger partial charge >= 0.3 is 0 Å². The lowest BCUT2D eigenvalue weighted by Gasteiger charge is -2.40. The molecule has 0 saturated carbocycles. The van der Waals surface area contributed by atoms with E-state index < -0.39 is 0 Å². The number of hydrogen-bond donors (Lipinski definition) is 1. The number of nitrogens with zero attached hydrogens (tertiary/aromatic N) is 1. The standard InChI is InChI=1S/C15H21BrN2O/c1-3-8-18-14(19)7-6-13(17)15(18)11-5-4-10(2)9-12(11)16/h4-5,9,13,15H,3,6-8,17H2,1-2H3. The molecule has 1 aliphatic rings. The van der Waals surface area contributed by atoms with E-state index in [1.54, 1.807) is 0 Å². The Bertz CT molecular complexity index is 475. The Labute approximate surface area is 123 Å². The van der Waals surface area contributed by atoms with Crippen LogP contribution in [0.3, 0.4) is 0 Å². The summed E-state index contributed by atoms with van der Waals surface area (Å²) in [6.07, 6.45) is 2.30. The van der Waals surface area contributed by atoms with Gasteiger partial charge in [0, 0.05) is 23.5 Å². The molecule has 2 unspecified atom stereocenters. The molecule has 1 aromatic rings. The number of amides is 1. The third-order valence-electron chi connectivity index (χ3n) is 3.69. The lowest BCUT2D eigenvalue weighted by Crippen LogP contribution is -2.49. The van der Waals surface area contributed by atoms with Gasteiger partial charge in [0.25, 0.3) is 0 Å². The molecule has 1 saturated heterocycles. The summed E-state index contributed by atoms with van der Waals surface area (Å²) in [6, 6.07) is 6.27. The molecule has 104 valence electrons. The zero-order chi connectivity index (χ0) is 14.0. The molecule has 1 aliphatic heterocycles. The Morgan fingerprint density at radius 3 is 2.84 bits per heavy atom. The Morgan fingerprint density at radius 1 is 1.47 bits per heavy atom. The molecule has 0 aliphatic carbocycles. The van der Waals surface area contributed by atoms with Crippen molar-refractivity contribution in [3.63, 3.8) is 0 Å². The summed E-state index contributed by atoms with van der Waals surface area (Å²) in [5.41, 5.74) is 8.61. The SMILES string of the molecule is CCCN1C(=O)CCC(N)C1c1ccc(C)cc1Br. The summed E-state index contributed by atoms with van der Waals surface area (Å²) in [5.74, 6) is 0.223. The van der Waals surface area contributed by atoms with Crippen LogP contribution in [-0.4, -0.2) is 23.4 Å². The zero-order valence-corrected chi connectivity index (χ0v) is 13.1. The topological polar surface area (TPSA) is 46.3 Å². The van der Waals surface area contributed by atoms with Crippen molar-refractivity contribution in [2.75, 3.05) is 6.54 Å². The van der Waals surface area contributed by atoms with E-state index in [1.165, 1.54) is 5.56 Å². The van der Waals surface area contributed by atoms with Crippen molar-refractivity contribution in [3.05, 3.63) is 33.8 Å². The number of carbonyl (C=O) groups is 1. The summed E-state index contributed by atoms with van der Waals surface area (Å²) in [4.78, 5) is 14.1. The summed E-state index contributed by atoms with van der Waals surface area (Å²) in [7, 11) is 0. The highest BCUT2D eigenvalue weighted by Gasteiger charge is 2.35. The van der Waals surface area contributed by atoms with E-state index in [9.17, 15) is 4.79 Å². The Balaban J connectivity index is 2.39. The minimum atomic E-state index is -0.00354. The molecule has 19 heavy (non-hydrogen) atoms. The first-order valence-corrected chi connectivity index (χ1v) is 7.65.